The van der Waals surface area contributed by atoms with Gasteiger partial charge in [-0.25, -0.2) is 8.78 Å². The molecule has 0 saturated carbocycles. The zero-order chi connectivity index (χ0) is 12.5. The van der Waals surface area contributed by atoms with Crippen molar-refractivity contribution in [2.45, 2.75) is 6.43 Å². The number of aromatic nitrogens is 1. The number of nitro groups is 1. The third-order valence-corrected chi connectivity index (χ3v) is 1.76. The normalized spacial score (nSPS) is 10.6. The van der Waals surface area contributed by atoms with Crippen LogP contribution in [0.15, 0.2) is 6.07 Å². The van der Waals surface area contributed by atoms with Crippen molar-refractivity contribution in [1.82, 2.24) is 4.98 Å². The predicted octanol–water partition coefficient (Wildman–Crippen LogP) is 2.45. The van der Waals surface area contributed by atoms with Gasteiger partial charge in [-0.2, -0.15) is 4.39 Å². The van der Waals surface area contributed by atoms with E-state index in [2.05, 4.69) is 4.98 Å². The molecule has 0 radical (unpaired) electrons. The van der Waals surface area contributed by atoms with Gasteiger partial charge in [-0.3, -0.25) is 4.79 Å². The first-order valence-electron chi connectivity index (χ1n) is 3.67. The first-order valence-corrected chi connectivity index (χ1v) is 4.05. The number of rotatable bonds is 3. The van der Waals surface area contributed by atoms with Crippen LogP contribution < -0.4 is 0 Å². The second-order valence-electron chi connectivity index (χ2n) is 2.56. The maximum absolute atomic E-state index is 12.9. The van der Waals surface area contributed by atoms with Crippen LogP contribution >= 0.6 is 11.6 Å². The van der Waals surface area contributed by atoms with Gasteiger partial charge in [-0.1, -0.05) is 0 Å². The third-order valence-electron chi connectivity index (χ3n) is 1.58. The van der Waals surface area contributed by atoms with Gasteiger partial charge >= 0.3 is 5.82 Å². The largest absolute Gasteiger partial charge is 0.400 e. The molecule has 0 aliphatic rings. The van der Waals surface area contributed by atoms with Crippen molar-refractivity contribution in [3.05, 3.63) is 33.3 Å². The minimum Gasteiger partial charge on any atom is -0.358 e. The van der Waals surface area contributed by atoms with Gasteiger partial charge in [0.2, 0.25) is 11.5 Å². The van der Waals surface area contributed by atoms with Crippen LogP contribution in [0.25, 0.3) is 0 Å². The smallest absolute Gasteiger partial charge is 0.358 e. The molecule has 86 valence electrons. The molecule has 0 aliphatic carbocycles. The van der Waals surface area contributed by atoms with E-state index >= 15 is 0 Å². The zero-order valence-corrected chi connectivity index (χ0v) is 8.04. The van der Waals surface area contributed by atoms with E-state index < -0.39 is 39.5 Å². The highest BCUT2D eigenvalue weighted by atomic mass is 35.5. The fourth-order valence-corrected chi connectivity index (χ4v) is 1.10. The predicted molar refractivity (Wildman–Crippen MR) is 46.0 cm³/mol. The molecule has 0 saturated heterocycles. The van der Waals surface area contributed by atoms with Crippen molar-refractivity contribution in [2.75, 3.05) is 0 Å². The number of nitrogens with zero attached hydrogens (tertiary/aromatic N) is 2. The first-order chi connectivity index (χ1) is 7.34. The Morgan fingerprint density at radius 2 is 2.12 bits per heavy atom. The maximum Gasteiger partial charge on any atom is 0.400 e. The van der Waals surface area contributed by atoms with Gasteiger partial charge in [0.1, 0.15) is 0 Å². The molecule has 0 aliphatic heterocycles. The highest BCUT2D eigenvalue weighted by Gasteiger charge is 2.29. The molecular weight excluding hydrogens is 253 g/mol. The van der Waals surface area contributed by atoms with Crippen LogP contribution in [-0.2, 0) is 0 Å². The second kappa shape index (κ2) is 4.44. The van der Waals surface area contributed by atoms with E-state index in [0.717, 1.165) is 0 Å². The zero-order valence-electron chi connectivity index (χ0n) is 7.29. The number of carbonyl (C=O) groups is 1. The summed E-state index contributed by atoms with van der Waals surface area (Å²) in [7, 11) is 0. The summed E-state index contributed by atoms with van der Waals surface area (Å²) < 4.78 is 37.5. The highest BCUT2D eigenvalue weighted by Crippen LogP contribution is 2.27. The van der Waals surface area contributed by atoms with E-state index in [-0.39, 0.29) is 6.07 Å². The van der Waals surface area contributed by atoms with Crippen molar-refractivity contribution in [3.63, 3.8) is 0 Å². The highest BCUT2D eigenvalue weighted by molar-refractivity contribution is 6.67. The standard InChI is InChI=1S/C7H2ClF3N2O3/c8-5(14)4-2(6(10)11)1-3(9)7(12-4)13(15)16/h1,6H. The second-order valence-corrected chi connectivity index (χ2v) is 2.91. The van der Waals surface area contributed by atoms with E-state index in [9.17, 15) is 28.1 Å². The number of pyridine rings is 1. The molecule has 9 heteroatoms. The molecular formula is C7H2ClF3N2O3. The molecule has 0 spiro atoms. The molecule has 0 fully saturated rings. The summed E-state index contributed by atoms with van der Waals surface area (Å²) in [5.41, 5.74) is -2.10. The summed E-state index contributed by atoms with van der Waals surface area (Å²) in [5.74, 6) is -2.88. The third kappa shape index (κ3) is 2.27. The van der Waals surface area contributed by atoms with E-state index in [1.807, 2.05) is 0 Å². The summed E-state index contributed by atoms with van der Waals surface area (Å²) in [4.78, 5) is 22.5. The van der Waals surface area contributed by atoms with Gasteiger partial charge in [0.05, 0.1) is 5.56 Å². The Bertz CT molecular complexity index is 466. The Kier molecular flexibility index (Phi) is 3.43. The molecule has 16 heavy (non-hydrogen) atoms. The van der Waals surface area contributed by atoms with Gasteiger partial charge < -0.3 is 10.1 Å². The fourth-order valence-electron chi connectivity index (χ4n) is 0.945. The molecule has 0 atom stereocenters. The summed E-state index contributed by atoms with van der Waals surface area (Å²) in [5, 5.41) is 8.82. The van der Waals surface area contributed by atoms with Crippen molar-refractivity contribution < 1.29 is 22.9 Å². The average molecular weight is 255 g/mol. The Labute approximate surface area is 91.0 Å². The van der Waals surface area contributed by atoms with Gasteiger partial charge in [-0.15, -0.1) is 0 Å². The summed E-state index contributed by atoms with van der Waals surface area (Å²) in [6.45, 7) is 0. The minimum absolute atomic E-state index is 0.172. The van der Waals surface area contributed by atoms with E-state index in [1.54, 1.807) is 0 Å². The number of alkyl halides is 2. The lowest BCUT2D eigenvalue weighted by atomic mass is 10.2. The van der Waals surface area contributed by atoms with Crippen LogP contribution in [0.4, 0.5) is 19.0 Å². The molecule has 1 aromatic heterocycles. The van der Waals surface area contributed by atoms with Gasteiger partial charge in [0.25, 0.3) is 11.7 Å². The lowest BCUT2D eigenvalue weighted by Crippen LogP contribution is -2.07. The molecule has 1 rings (SSSR count). The Morgan fingerprint density at radius 1 is 1.56 bits per heavy atom. The van der Waals surface area contributed by atoms with Gasteiger partial charge in [0.15, 0.2) is 0 Å². The quantitative estimate of drug-likeness (QED) is 0.472. The van der Waals surface area contributed by atoms with E-state index in [1.165, 1.54) is 0 Å². The summed E-state index contributed by atoms with van der Waals surface area (Å²) in [6.07, 6.45) is -3.21. The number of hydrogen-bond acceptors (Lipinski definition) is 4. The van der Waals surface area contributed by atoms with Crippen LogP contribution in [-0.4, -0.2) is 15.1 Å². The topological polar surface area (TPSA) is 73.1 Å². The van der Waals surface area contributed by atoms with Crippen molar-refractivity contribution in [2.24, 2.45) is 0 Å². The SMILES string of the molecule is O=C(Cl)c1nc([N+](=O)[O-])c(F)cc1C(F)F. The Balaban J connectivity index is 3.49. The van der Waals surface area contributed by atoms with Crippen LogP contribution in [0.1, 0.15) is 22.5 Å². The average Bonchev–Trinajstić information content (AvgIpc) is 2.15. The van der Waals surface area contributed by atoms with Gasteiger partial charge in [-0.05, 0) is 27.6 Å². The molecule has 0 amide bonds. The van der Waals surface area contributed by atoms with E-state index in [4.69, 9.17) is 11.6 Å². The monoisotopic (exact) mass is 254 g/mol. The first kappa shape index (κ1) is 12.4. The fraction of sp³-hybridized carbons (Fsp3) is 0.143. The van der Waals surface area contributed by atoms with Crippen LogP contribution in [0.5, 0.6) is 0 Å². The lowest BCUT2D eigenvalue weighted by Gasteiger charge is -2.01. The molecule has 0 N–H and O–H groups in total. The maximum atomic E-state index is 12.9. The molecule has 0 bridgehead atoms. The van der Waals surface area contributed by atoms with Crippen molar-refractivity contribution >= 4 is 22.7 Å². The van der Waals surface area contributed by atoms with Crippen molar-refractivity contribution in [1.29, 1.82) is 0 Å². The molecule has 0 aromatic carbocycles. The molecule has 0 unspecified atom stereocenters. The lowest BCUT2D eigenvalue weighted by molar-refractivity contribution is -0.392. The summed E-state index contributed by atoms with van der Waals surface area (Å²) >= 11 is 4.90. The van der Waals surface area contributed by atoms with E-state index in [0.29, 0.717) is 0 Å². The molecule has 5 nitrogen and oxygen atoms in total. The van der Waals surface area contributed by atoms with Crippen molar-refractivity contribution in [3.8, 4) is 0 Å². The Morgan fingerprint density at radius 3 is 2.50 bits per heavy atom. The van der Waals surface area contributed by atoms with Crippen LogP contribution in [0, 0.1) is 15.9 Å². The van der Waals surface area contributed by atoms with Gasteiger partial charge in [0, 0.05) is 0 Å². The summed E-state index contributed by atoms with van der Waals surface area (Å²) in [6, 6.07) is 0.172. The number of carbonyl (C=O) groups excluding carboxylic acids is 1. The van der Waals surface area contributed by atoms with Crippen LogP contribution in [0.2, 0.25) is 0 Å². The minimum atomic E-state index is -3.21. The number of hydrogen-bond donors (Lipinski definition) is 0. The molecule has 1 aromatic rings. The number of halogens is 4. The Hall–Kier alpha value is -1.70. The molecule has 1 heterocycles. The van der Waals surface area contributed by atoms with Crippen LogP contribution in [0.3, 0.4) is 0 Å².